The number of carbonyl (C=O) groups excluding carboxylic acids is 1. The van der Waals surface area contributed by atoms with E-state index >= 15 is 0 Å². The maximum absolute atomic E-state index is 13.2. The fourth-order valence-electron chi connectivity index (χ4n) is 3.59. The SMILES string of the molecule is Cc1cc(Oc2cc(N3CCN(C(=O)c4ccc(F)cc4)[C@H](C)C3)ncn2)ccc1Cl. The Morgan fingerprint density at radius 2 is 1.90 bits per heavy atom. The largest absolute Gasteiger partial charge is 0.439 e. The van der Waals surface area contributed by atoms with E-state index in [9.17, 15) is 9.18 Å². The molecule has 0 saturated carbocycles. The first-order chi connectivity index (χ1) is 14.9. The second-order valence-corrected chi connectivity index (χ2v) is 7.94. The molecule has 3 aromatic rings. The number of piperazine rings is 1. The number of hydrogen-bond donors (Lipinski definition) is 0. The van der Waals surface area contributed by atoms with Crippen LogP contribution in [0.4, 0.5) is 10.2 Å². The molecule has 0 aliphatic carbocycles. The predicted molar refractivity (Wildman–Crippen MR) is 117 cm³/mol. The van der Waals surface area contributed by atoms with E-state index in [2.05, 4.69) is 14.9 Å². The molecule has 0 spiro atoms. The van der Waals surface area contributed by atoms with Crippen molar-refractivity contribution in [1.82, 2.24) is 14.9 Å². The van der Waals surface area contributed by atoms with Gasteiger partial charge >= 0.3 is 0 Å². The summed E-state index contributed by atoms with van der Waals surface area (Å²) in [7, 11) is 0. The van der Waals surface area contributed by atoms with Crippen LogP contribution in [0.15, 0.2) is 54.9 Å². The number of amides is 1. The molecule has 2 aromatic carbocycles. The highest BCUT2D eigenvalue weighted by Gasteiger charge is 2.29. The fraction of sp³-hybridized carbons (Fsp3) is 0.261. The van der Waals surface area contributed by atoms with E-state index in [1.165, 1.54) is 30.6 Å². The summed E-state index contributed by atoms with van der Waals surface area (Å²) >= 11 is 6.07. The quantitative estimate of drug-likeness (QED) is 0.587. The van der Waals surface area contributed by atoms with E-state index in [-0.39, 0.29) is 17.8 Å². The van der Waals surface area contributed by atoms with Crippen LogP contribution in [0.25, 0.3) is 0 Å². The number of ether oxygens (including phenoxy) is 1. The standard InChI is InChI=1S/C23H22ClFN4O2/c1-15-11-19(7-8-20(15)24)31-22-12-21(26-14-27-22)28-9-10-29(16(2)13-28)23(30)17-3-5-18(25)6-4-17/h3-8,11-12,14,16H,9-10,13H2,1-2H3/t16-/m1/s1. The second kappa shape index (κ2) is 8.89. The molecular weight excluding hydrogens is 419 g/mol. The first kappa shape index (κ1) is 21.1. The van der Waals surface area contributed by atoms with Crippen LogP contribution in [0, 0.1) is 12.7 Å². The van der Waals surface area contributed by atoms with E-state index in [0.717, 1.165) is 11.4 Å². The molecular formula is C23H22ClFN4O2. The van der Waals surface area contributed by atoms with Crippen LogP contribution in [-0.2, 0) is 0 Å². The molecule has 2 heterocycles. The zero-order valence-corrected chi connectivity index (χ0v) is 18.0. The minimum Gasteiger partial charge on any atom is -0.439 e. The highest BCUT2D eigenvalue weighted by molar-refractivity contribution is 6.31. The molecule has 1 amide bonds. The summed E-state index contributed by atoms with van der Waals surface area (Å²) in [5.74, 6) is 1.36. The average Bonchev–Trinajstić information content (AvgIpc) is 2.76. The minimum absolute atomic E-state index is 0.0375. The van der Waals surface area contributed by atoms with Gasteiger partial charge in [-0.3, -0.25) is 4.79 Å². The molecule has 1 fully saturated rings. The lowest BCUT2D eigenvalue weighted by Crippen LogP contribution is -2.54. The van der Waals surface area contributed by atoms with Crippen LogP contribution in [0.2, 0.25) is 5.02 Å². The van der Waals surface area contributed by atoms with Crippen molar-refractivity contribution < 1.29 is 13.9 Å². The molecule has 1 atom stereocenters. The minimum atomic E-state index is -0.357. The maximum atomic E-state index is 13.2. The third-order valence-electron chi connectivity index (χ3n) is 5.28. The second-order valence-electron chi connectivity index (χ2n) is 7.53. The molecule has 1 aliphatic heterocycles. The Morgan fingerprint density at radius 1 is 1.13 bits per heavy atom. The lowest BCUT2D eigenvalue weighted by Gasteiger charge is -2.40. The van der Waals surface area contributed by atoms with Gasteiger partial charge in [0, 0.05) is 42.3 Å². The molecule has 6 nitrogen and oxygen atoms in total. The molecule has 4 rings (SSSR count). The van der Waals surface area contributed by atoms with Gasteiger partial charge in [0.1, 0.15) is 23.7 Å². The van der Waals surface area contributed by atoms with Crippen LogP contribution in [0.5, 0.6) is 11.6 Å². The number of rotatable bonds is 4. The van der Waals surface area contributed by atoms with Crippen LogP contribution in [0.3, 0.4) is 0 Å². The number of nitrogens with zero attached hydrogens (tertiary/aromatic N) is 4. The van der Waals surface area contributed by atoms with Crippen LogP contribution in [-0.4, -0.2) is 46.5 Å². The van der Waals surface area contributed by atoms with Gasteiger partial charge in [0.05, 0.1) is 0 Å². The van der Waals surface area contributed by atoms with Crippen molar-refractivity contribution in [2.24, 2.45) is 0 Å². The molecule has 0 radical (unpaired) electrons. The zero-order chi connectivity index (χ0) is 22.0. The summed E-state index contributed by atoms with van der Waals surface area (Å²) in [4.78, 5) is 25.3. The van der Waals surface area contributed by atoms with Gasteiger partial charge in [0.15, 0.2) is 0 Å². The summed E-state index contributed by atoms with van der Waals surface area (Å²) in [6.45, 7) is 5.67. The number of hydrogen-bond acceptors (Lipinski definition) is 5. The Labute approximate surface area is 185 Å². The van der Waals surface area contributed by atoms with Gasteiger partial charge in [-0.2, -0.15) is 0 Å². The molecule has 1 saturated heterocycles. The first-order valence-corrected chi connectivity index (χ1v) is 10.4. The van der Waals surface area contributed by atoms with Crippen molar-refractivity contribution in [1.29, 1.82) is 0 Å². The summed E-state index contributed by atoms with van der Waals surface area (Å²) < 4.78 is 19.0. The van der Waals surface area contributed by atoms with Crippen molar-refractivity contribution in [3.63, 3.8) is 0 Å². The van der Waals surface area contributed by atoms with Gasteiger partial charge in [-0.25, -0.2) is 14.4 Å². The Kier molecular flexibility index (Phi) is 6.04. The number of carbonyl (C=O) groups is 1. The van der Waals surface area contributed by atoms with Crippen LogP contribution in [0.1, 0.15) is 22.8 Å². The number of aryl methyl sites for hydroxylation is 1. The molecule has 0 unspecified atom stereocenters. The van der Waals surface area contributed by atoms with Crippen molar-refractivity contribution in [3.05, 3.63) is 76.8 Å². The van der Waals surface area contributed by atoms with Crippen molar-refractivity contribution in [2.45, 2.75) is 19.9 Å². The van der Waals surface area contributed by atoms with E-state index in [1.54, 1.807) is 23.1 Å². The summed E-state index contributed by atoms with van der Waals surface area (Å²) in [5, 5.41) is 0.678. The highest BCUT2D eigenvalue weighted by Crippen LogP contribution is 2.27. The number of aromatic nitrogens is 2. The zero-order valence-electron chi connectivity index (χ0n) is 17.3. The fourth-order valence-corrected chi connectivity index (χ4v) is 3.70. The van der Waals surface area contributed by atoms with Crippen LogP contribution < -0.4 is 9.64 Å². The number of halogens is 2. The predicted octanol–water partition coefficient (Wildman–Crippen LogP) is 4.72. The molecule has 1 aromatic heterocycles. The highest BCUT2D eigenvalue weighted by atomic mass is 35.5. The Hall–Kier alpha value is -3.19. The first-order valence-electron chi connectivity index (χ1n) is 9.98. The van der Waals surface area contributed by atoms with E-state index < -0.39 is 0 Å². The summed E-state index contributed by atoms with van der Waals surface area (Å²) in [6, 6.07) is 12.8. The molecule has 0 bridgehead atoms. The lowest BCUT2D eigenvalue weighted by atomic mass is 10.1. The Balaban J connectivity index is 1.44. The lowest BCUT2D eigenvalue weighted by molar-refractivity contribution is 0.0673. The van der Waals surface area contributed by atoms with E-state index in [4.69, 9.17) is 16.3 Å². The van der Waals surface area contributed by atoms with Gasteiger partial charge in [0.2, 0.25) is 5.88 Å². The third kappa shape index (κ3) is 4.77. The Bertz CT molecular complexity index is 1090. The smallest absolute Gasteiger partial charge is 0.254 e. The Morgan fingerprint density at radius 3 is 2.61 bits per heavy atom. The molecule has 8 heteroatoms. The molecule has 160 valence electrons. The van der Waals surface area contributed by atoms with E-state index in [0.29, 0.717) is 41.8 Å². The molecule has 1 aliphatic rings. The summed E-state index contributed by atoms with van der Waals surface area (Å²) in [5.41, 5.74) is 1.40. The van der Waals surface area contributed by atoms with E-state index in [1.807, 2.05) is 19.9 Å². The average molecular weight is 441 g/mol. The van der Waals surface area contributed by atoms with Crippen molar-refractivity contribution in [3.8, 4) is 11.6 Å². The van der Waals surface area contributed by atoms with Crippen molar-refractivity contribution in [2.75, 3.05) is 24.5 Å². The topological polar surface area (TPSA) is 58.6 Å². The van der Waals surface area contributed by atoms with Gasteiger partial charge in [-0.1, -0.05) is 11.6 Å². The molecule has 0 N–H and O–H groups in total. The van der Waals surface area contributed by atoms with Crippen molar-refractivity contribution >= 4 is 23.3 Å². The monoisotopic (exact) mass is 440 g/mol. The van der Waals surface area contributed by atoms with Gasteiger partial charge in [0.25, 0.3) is 5.91 Å². The third-order valence-corrected chi connectivity index (χ3v) is 5.71. The number of benzene rings is 2. The number of anilines is 1. The maximum Gasteiger partial charge on any atom is 0.254 e. The summed E-state index contributed by atoms with van der Waals surface area (Å²) in [6.07, 6.45) is 1.47. The van der Waals surface area contributed by atoms with Gasteiger partial charge < -0.3 is 14.5 Å². The molecule has 31 heavy (non-hydrogen) atoms. The van der Waals surface area contributed by atoms with Crippen LogP contribution >= 0.6 is 11.6 Å². The van der Waals surface area contributed by atoms with Gasteiger partial charge in [-0.05, 0) is 61.9 Å². The normalized spacial score (nSPS) is 16.3. The van der Waals surface area contributed by atoms with Gasteiger partial charge in [-0.15, -0.1) is 0 Å².